The summed E-state index contributed by atoms with van der Waals surface area (Å²) in [5, 5.41) is 24.6. The Bertz CT molecular complexity index is 619. The van der Waals surface area contributed by atoms with E-state index in [-0.39, 0.29) is 17.7 Å². The Hall–Kier alpha value is -2.70. The first-order chi connectivity index (χ1) is 8.75. The van der Waals surface area contributed by atoms with Crippen molar-refractivity contribution < 1.29 is 9.90 Å². The first-order valence-electron chi connectivity index (χ1n) is 5.29. The van der Waals surface area contributed by atoms with Crippen molar-refractivity contribution in [3.8, 4) is 0 Å². The quantitative estimate of drug-likeness (QED) is 0.749. The summed E-state index contributed by atoms with van der Waals surface area (Å²) in [5.41, 5.74) is 0.859. The summed E-state index contributed by atoms with van der Waals surface area (Å²) in [6.45, 7) is 0. The topological polar surface area (TPSA) is 95.8 Å². The average molecular weight is 242 g/mol. The third-order valence-corrected chi connectivity index (χ3v) is 2.69. The lowest BCUT2D eigenvalue weighted by molar-refractivity contribution is -0.299. The van der Waals surface area contributed by atoms with E-state index in [2.05, 4.69) is 20.8 Å². The van der Waals surface area contributed by atoms with Crippen molar-refractivity contribution in [3.63, 3.8) is 0 Å². The molecule has 0 bridgehead atoms. The standard InChI is InChI=1S/C11H9N5O2/c17-10(18)8-6-9(7-4-2-1-3-5-7)16-11(12-8)13-14-15-16/h1-6,9H,(H,17,18)(H,12,13,15)/p-1. The maximum atomic E-state index is 10.9. The molecule has 0 radical (unpaired) electrons. The Morgan fingerprint density at radius 2 is 2.11 bits per heavy atom. The molecule has 3 rings (SSSR count). The number of benzene rings is 1. The van der Waals surface area contributed by atoms with E-state index in [1.165, 1.54) is 10.8 Å². The number of anilines is 1. The van der Waals surface area contributed by atoms with Crippen molar-refractivity contribution in [2.75, 3.05) is 5.32 Å². The number of nitrogens with zero attached hydrogens (tertiary/aromatic N) is 4. The zero-order chi connectivity index (χ0) is 12.5. The van der Waals surface area contributed by atoms with Crippen LogP contribution in [-0.2, 0) is 4.79 Å². The molecule has 0 saturated carbocycles. The van der Waals surface area contributed by atoms with Gasteiger partial charge in [0.1, 0.15) is 6.04 Å². The molecule has 90 valence electrons. The lowest BCUT2D eigenvalue weighted by Gasteiger charge is -2.23. The fourth-order valence-electron chi connectivity index (χ4n) is 1.86. The molecule has 7 heteroatoms. The Kier molecular flexibility index (Phi) is 2.30. The van der Waals surface area contributed by atoms with Crippen LogP contribution in [0, 0.1) is 0 Å². The van der Waals surface area contributed by atoms with Gasteiger partial charge in [0.15, 0.2) is 0 Å². The van der Waals surface area contributed by atoms with E-state index in [0.717, 1.165) is 5.56 Å². The van der Waals surface area contributed by atoms with Gasteiger partial charge in [-0.25, -0.2) is 0 Å². The van der Waals surface area contributed by atoms with Gasteiger partial charge in [-0.3, -0.25) is 0 Å². The minimum atomic E-state index is -1.29. The number of aromatic nitrogens is 4. The predicted octanol–water partition coefficient (Wildman–Crippen LogP) is -0.678. The SMILES string of the molecule is O=C([O-])C1=CC(c2ccccc2)n2nnnc2N1. The van der Waals surface area contributed by atoms with Crippen LogP contribution in [0.4, 0.5) is 5.95 Å². The minimum absolute atomic E-state index is 0.0360. The van der Waals surface area contributed by atoms with Crippen molar-refractivity contribution in [2.45, 2.75) is 6.04 Å². The predicted molar refractivity (Wildman–Crippen MR) is 59.1 cm³/mol. The van der Waals surface area contributed by atoms with E-state index in [1.54, 1.807) is 0 Å². The molecule has 0 aliphatic carbocycles. The highest BCUT2D eigenvalue weighted by Gasteiger charge is 2.23. The van der Waals surface area contributed by atoms with Crippen LogP contribution in [0.25, 0.3) is 0 Å². The number of carboxylic acids is 1. The second-order valence-corrected chi connectivity index (χ2v) is 3.80. The molecule has 1 atom stereocenters. The van der Waals surface area contributed by atoms with Gasteiger partial charge in [-0.15, -0.1) is 0 Å². The number of fused-ring (bicyclic) bond motifs is 1. The zero-order valence-electron chi connectivity index (χ0n) is 9.15. The average Bonchev–Trinajstić information content (AvgIpc) is 2.86. The highest BCUT2D eigenvalue weighted by Crippen LogP contribution is 2.26. The second-order valence-electron chi connectivity index (χ2n) is 3.80. The number of tetrazole rings is 1. The van der Waals surface area contributed by atoms with Crippen LogP contribution in [0.3, 0.4) is 0 Å². The summed E-state index contributed by atoms with van der Waals surface area (Å²) < 4.78 is 1.52. The number of hydrogen-bond donors (Lipinski definition) is 1. The molecule has 1 aliphatic heterocycles. The smallest absolute Gasteiger partial charge is 0.248 e. The highest BCUT2D eigenvalue weighted by molar-refractivity contribution is 5.88. The highest BCUT2D eigenvalue weighted by atomic mass is 16.4. The van der Waals surface area contributed by atoms with Crippen LogP contribution >= 0.6 is 0 Å². The molecular weight excluding hydrogens is 234 g/mol. The Balaban J connectivity index is 2.10. The van der Waals surface area contributed by atoms with Crippen molar-refractivity contribution in [1.82, 2.24) is 20.2 Å². The van der Waals surface area contributed by atoms with E-state index < -0.39 is 5.97 Å². The fourth-order valence-corrected chi connectivity index (χ4v) is 1.86. The van der Waals surface area contributed by atoms with Crippen molar-refractivity contribution in [3.05, 3.63) is 47.7 Å². The summed E-state index contributed by atoms with van der Waals surface area (Å²) in [6, 6.07) is 9.02. The molecule has 18 heavy (non-hydrogen) atoms. The summed E-state index contributed by atoms with van der Waals surface area (Å²) in [7, 11) is 0. The van der Waals surface area contributed by atoms with E-state index in [1.807, 2.05) is 30.3 Å². The summed E-state index contributed by atoms with van der Waals surface area (Å²) >= 11 is 0. The molecule has 7 nitrogen and oxygen atoms in total. The number of rotatable bonds is 2. The molecule has 1 aromatic carbocycles. The number of aliphatic carboxylic acids is 1. The molecule has 1 aliphatic rings. The fraction of sp³-hybridized carbons (Fsp3) is 0.0909. The lowest BCUT2D eigenvalue weighted by atomic mass is 10.0. The van der Waals surface area contributed by atoms with Gasteiger partial charge < -0.3 is 15.2 Å². The third-order valence-electron chi connectivity index (χ3n) is 2.69. The summed E-state index contributed by atoms with van der Waals surface area (Å²) in [5.74, 6) is -1.00. The van der Waals surface area contributed by atoms with Gasteiger partial charge in [0.2, 0.25) is 5.95 Å². The van der Waals surface area contributed by atoms with Crippen molar-refractivity contribution >= 4 is 11.9 Å². The van der Waals surface area contributed by atoms with Gasteiger partial charge in [-0.1, -0.05) is 35.4 Å². The minimum Gasteiger partial charge on any atom is -0.543 e. The number of allylic oxidation sites excluding steroid dienone is 1. The number of nitrogens with one attached hydrogen (secondary N) is 1. The van der Waals surface area contributed by atoms with Gasteiger partial charge in [0, 0.05) is 0 Å². The lowest BCUT2D eigenvalue weighted by Crippen LogP contribution is -2.32. The van der Waals surface area contributed by atoms with Gasteiger partial charge >= 0.3 is 0 Å². The van der Waals surface area contributed by atoms with Crippen LogP contribution in [0.5, 0.6) is 0 Å². The number of carbonyl (C=O) groups is 1. The molecule has 0 spiro atoms. The monoisotopic (exact) mass is 242 g/mol. The molecule has 1 unspecified atom stereocenters. The molecule has 0 saturated heterocycles. The van der Waals surface area contributed by atoms with Crippen molar-refractivity contribution in [2.24, 2.45) is 0 Å². The Morgan fingerprint density at radius 3 is 2.83 bits per heavy atom. The second kappa shape index (κ2) is 3.95. The molecule has 0 amide bonds. The molecule has 1 N–H and O–H groups in total. The molecular formula is C11H8N5O2-. The van der Waals surface area contributed by atoms with E-state index >= 15 is 0 Å². The molecule has 0 fully saturated rings. The largest absolute Gasteiger partial charge is 0.543 e. The van der Waals surface area contributed by atoms with E-state index in [4.69, 9.17) is 0 Å². The van der Waals surface area contributed by atoms with Gasteiger partial charge in [-0.05, 0) is 22.1 Å². The number of carbonyl (C=O) groups excluding carboxylic acids is 1. The Morgan fingerprint density at radius 1 is 1.33 bits per heavy atom. The number of carboxylic acid groups (broad SMARTS) is 1. The first kappa shape index (κ1) is 10.5. The van der Waals surface area contributed by atoms with Crippen LogP contribution in [0.1, 0.15) is 11.6 Å². The first-order valence-corrected chi connectivity index (χ1v) is 5.29. The van der Waals surface area contributed by atoms with Gasteiger partial charge in [0.05, 0.1) is 11.7 Å². The van der Waals surface area contributed by atoms with Gasteiger partial charge in [-0.2, -0.15) is 4.68 Å². The van der Waals surface area contributed by atoms with Crippen molar-refractivity contribution in [1.29, 1.82) is 0 Å². The number of hydrogen-bond acceptors (Lipinski definition) is 6. The van der Waals surface area contributed by atoms with Crippen LogP contribution in [-0.4, -0.2) is 26.2 Å². The summed E-state index contributed by atoms with van der Waals surface area (Å²) in [6.07, 6.45) is 1.52. The van der Waals surface area contributed by atoms with Crippen LogP contribution in [0.15, 0.2) is 42.1 Å². The molecule has 2 aromatic rings. The summed E-state index contributed by atoms with van der Waals surface area (Å²) in [4.78, 5) is 10.9. The zero-order valence-corrected chi connectivity index (χ0v) is 9.15. The van der Waals surface area contributed by atoms with Gasteiger partial charge in [0.25, 0.3) is 0 Å². The van der Waals surface area contributed by atoms with E-state index in [9.17, 15) is 9.90 Å². The molecule has 1 aromatic heterocycles. The maximum Gasteiger partial charge on any atom is 0.248 e. The third kappa shape index (κ3) is 1.61. The van der Waals surface area contributed by atoms with Crippen LogP contribution in [0.2, 0.25) is 0 Å². The molecule has 2 heterocycles. The Labute approximate surface area is 102 Å². The maximum absolute atomic E-state index is 10.9. The van der Waals surface area contributed by atoms with E-state index in [0.29, 0.717) is 0 Å². The normalized spacial score (nSPS) is 17.6. The van der Waals surface area contributed by atoms with Crippen LogP contribution < -0.4 is 10.4 Å².